The summed E-state index contributed by atoms with van der Waals surface area (Å²) < 4.78 is 0. The minimum absolute atomic E-state index is 0.882. The fourth-order valence-electron chi connectivity index (χ4n) is 21.1. The second-order valence-electron chi connectivity index (χ2n) is 30.5. The average molecular weight is 1340 g/mol. The first kappa shape index (κ1) is 56.9. The Morgan fingerprint density at radius 2 is 0.581 bits per heavy atom. The van der Waals surface area contributed by atoms with Crippen molar-refractivity contribution in [3.63, 3.8) is 0 Å². The largest absolute Gasteiger partial charge is 0.308 e. The first-order valence-electron chi connectivity index (χ1n) is 37.3. The van der Waals surface area contributed by atoms with Gasteiger partial charge in [0.25, 0.3) is 0 Å². The highest BCUT2D eigenvalue weighted by atomic mass is 15.2. The van der Waals surface area contributed by atoms with Gasteiger partial charge < -0.3 is 9.80 Å². The maximum Gasteiger partial charge on any atom is 0.141 e. The number of nitrogens with zero attached hydrogens (tertiary/aromatic N) is 9. The van der Waals surface area contributed by atoms with E-state index in [1.165, 1.54) is 246 Å². The van der Waals surface area contributed by atoms with E-state index in [1.54, 1.807) is 0 Å². The summed E-state index contributed by atoms with van der Waals surface area (Å²) in [5.41, 5.74) is 60.7. The lowest BCUT2D eigenvalue weighted by Gasteiger charge is -2.39. The van der Waals surface area contributed by atoms with Gasteiger partial charge in [-0.3, -0.25) is 29.8 Å². The van der Waals surface area contributed by atoms with Crippen LogP contribution in [-0.4, -0.2) is 29.9 Å². The van der Waals surface area contributed by atoms with Gasteiger partial charge in [-0.05, 0) is 277 Å². The summed E-state index contributed by atoms with van der Waals surface area (Å²) in [4.78, 5) is 35.7. The Hall–Kier alpha value is -12.7. The molecule has 6 aromatic heterocycles. The molecule has 105 heavy (non-hydrogen) atoms. The molecular weight excluding hydrogens is 1280 g/mol. The Morgan fingerprint density at radius 3 is 1.09 bits per heavy atom. The highest BCUT2D eigenvalue weighted by Crippen LogP contribution is 2.60. The van der Waals surface area contributed by atoms with Gasteiger partial charge in [-0.15, -0.1) is 0 Å². The summed E-state index contributed by atoms with van der Waals surface area (Å²) in [5.74, 6) is 1.06. The summed E-state index contributed by atoms with van der Waals surface area (Å²) in [5, 5.41) is 0. The maximum absolute atomic E-state index is 4.89. The standard InChI is InChI=1S/3C32H21N3/c1-2-6-22-18(4-1)14-19-7-8-24-23-9-10-29-26(25(23)16-27(24)30(19)22)17-28-31-20(11-13-33-28)15-21-5-3-12-34-32(21)35(29)31;1-2-4-22-18(3-1)13-19-5-6-24-23-7-8-30-26(25(23)15-27(24)31(19)22)16-28-32-20(9-12-34-28)14-21-17-33-11-10-29(21)35(30)32;1-2-4-22-18(3-1)13-20-5-6-24-23-7-8-29-26(25(23)15-27(24)31(20)22)16-28-32-21(10-12-34-28)14-19-9-11-33-17-30(19)35(29)32/h1-13H,14-17H2;2*1-12,17H,13-16H2. The second kappa shape index (κ2) is 21.0. The van der Waals surface area contributed by atoms with Crippen molar-refractivity contribution in [1.29, 1.82) is 0 Å². The number of fused-ring (bicyclic) bond motifs is 36. The number of benzene rings is 9. The number of aromatic nitrogens is 6. The molecule has 0 saturated heterocycles. The van der Waals surface area contributed by atoms with Gasteiger partial charge in [0.2, 0.25) is 0 Å². The SMILES string of the molecule is c1ccc2c(c1)Cc1ccc3c(c1-2)Cc1c-3ccc2c1Cc1nccc3c1N2c1ccncc1C3.c1ccc2c(c1)Cc1ccc3c(c1-2)Cc1c-3ccc2c1Cc1nccc3c1N2c1cnccc1C3.c1ccc2c(c1)Cc1ccc3c(c1-2)Cc1c-3ccc2c1Cc1nccc3c1N2c1ncccc1C3. The third-order valence-electron chi connectivity index (χ3n) is 25.5. The molecule has 12 aliphatic rings. The summed E-state index contributed by atoms with van der Waals surface area (Å²) in [6, 6.07) is 70.2. The van der Waals surface area contributed by atoms with E-state index in [0.717, 1.165) is 82.9 Å². The zero-order valence-electron chi connectivity index (χ0n) is 57.5. The van der Waals surface area contributed by atoms with Gasteiger partial charge in [0.05, 0.1) is 68.8 Å². The molecule has 492 valence electrons. The Bertz CT molecular complexity index is 5910. The molecule has 6 aliphatic heterocycles. The van der Waals surface area contributed by atoms with Gasteiger partial charge in [-0.25, -0.2) is 4.98 Å². The third-order valence-corrected chi connectivity index (χ3v) is 25.5. The number of hydrogen-bond acceptors (Lipinski definition) is 9. The summed E-state index contributed by atoms with van der Waals surface area (Å²) in [6.45, 7) is 0. The van der Waals surface area contributed by atoms with Crippen molar-refractivity contribution < 1.29 is 0 Å². The van der Waals surface area contributed by atoms with Crippen LogP contribution in [-0.2, 0) is 77.0 Å². The topological polar surface area (TPSA) is 87.1 Å². The molecule has 0 N–H and O–H groups in total. The lowest BCUT2D eigenvalue weighted by molar-refractivity contribution is 0.932. The number of rotatable bonds is 0. The predicted molar refractivity (Wildman–Crippen MR) is 416 cm³/mol. The molecule has 0 radical (unpaired) electrons. The van der Waals surface area contributed by atoms with E-state index >= 15 is 0 Å². The average Bonchev–Trinajstić information content (AvgIpc) is 1.70. The third kappa shape index (κ3) is 7.81. The van der Waals surface area contributed by atoms with Gasteiger partial charge in [-0.2, -0.15) is 0 Å². The van der Waals surface area contributed by atoms with Crippen LogP contribution in [0, 0.1) is 0 Å². The second-order valence-corrected chi connectivity index (χ2v) is 30.5. The molecule has 0 spiro atoms. The molecule has 9 heteroatoms. The Kier molecular flexibility index (Phi) is 11.4. The highest BCUT2D eigenvalue weighted by Gasteiger charge is 2.42. The molecule has 0 amide bonds. The predicted octanol–water partition coefficient (Wildman–Crippen LogP) is 20.7. The molecular formula is C96H63N9. The number of anilines is 9. The van der Waals surface area contributed by atoms with Crippen LogP contribution in [0.25, 0.3) is 66.8 Å². The van der Waals surface area contributed by atoms with Gasteiger partial charge in [0.15, 0.2) is 0 Å². The van der Waals surface area contributed by atoms with Crippen molar-refractivity contribution in [2.75, 3.05) is 14.7 Å². The molecule has 0 atom stereocenters. The molecule has 6 aliphatic carbocycles. The summed E-state index contributed by atoms with van der Waals surface area (Å²) in [6.07, 6.45) is 27.3. The highest BCUT2D eigenvalue weighted by molar-refractivity contribution is 5.99. The molecule has 0 fully saturated rings. The molecule has 12 heterocycles. The normalized spacial score (nSPS) is 14.9. The van der Waals surface area contributed by atoms with Crippen LogP contribution in [0.2, 0.25) is 0 Å². The van der Waals surface area contributed by atoms with Crippen LogP contribution in [0.15, 0.2) is 238 Å². The smallest absolute Gasteiger partial charge is 0.141 e. The first-order chi connectivity index (χ1) is 52.0. The zero-order valence-corrected chi connectivity index (χ0v) is 57.5. The fourth-order valence-corrected chi connectivity index (χ4v) is 21.1. The van der Waals surface area contributed by atoms with Crippen molar-refractivity contribution in [2.24, 2.45) is 0 Å². The molecule has 0 bridgehead atoms. The van der Waals surface area contributed by atoms with Crippen molar-refractivity contribution in [3.8, 4) is 66.8 Å². The monoisotopic (exact) mass is 1340 g/mol. The molecule has 0 saturated carbocycles. The summed E-state index contributed by atoms with van der Waals surface area (Å²) in [7, 11) is 0. The lowest BCUT2D eigenvalue weighted by atomic mass is 9.87. The van der Waals surface area contributed by atoms with Crippen LogP contribution in [0.5, 0.6) is 0 Å². The van der Waals surface area contributed by atoms with Crippen molar-refractivity contribution in [1.82, 2.24) is 29.9 Å². The Morgan fingerprint density at radius 1 is 0.200 bits per heavy atom. The van der Waals surface area contributed by atoms with E-state index in [-0.39, 0.29) is 0 Å². The molecule has 9 aromatic carbocycles. The maximum atomic E-state index is 4.89. The Balaban J connectivity index is 0.0000000914. The molecule has 27 rings (SSSR count). The number of hydrogen-bond donors (Lipinski definition) is 0. The summed E-state index contributed by atoms with van der Waals surface area (Å²) >= 11 is 0. The Labute approximate surface area is 607 Å². The molecule has 0 unspecified atom stereocenters. The van der Waals surface area contributed by atoms with E-state index < -0.39 is 0 Å². The van der Waals surface area contributed by atoms with Gasteiger partial charge in [0.1, 0.15) is 5.82 Å². The van der Waals surface area contributed by atoms with Crippen molar-refractivity contribution >= 4 is 51.3 Å². The van der Waals surface area contributed by atoms with Crippen LogP contribution in [0.4, 0.5) is 51.3 Å². The minimum Gasteiger partial charge on any atom is -0.308 e. The number of pyridine rings is 6. The van der Waals surface area contributed by atoms with Gasteiger partial charge >= 0.3 is 0 Å². The lowest BCUT2D eigenvalue weighted by Crippen LogP contribution is -2.26. The van der Waals surface area contributed by atoms with E-state index in [0.29, 0.717) is 0 Å². The van der Waals surface area contributed by atoms with Gasteiger partial charge in [-0.1, -0.05) is 133 Å². The quantitative estimate of drug-likeness (QED) is 0.147. The van der Waals surface area contributed by atoms with Crippen LogP contribution >= 0.6 is 0 Å². The van der Waals surface area contributed by atoms with Crippen LogP contribution in [0.3, 0.4) is 0 Å². The van der Waals surface area contributed by atoms with E-state index in [9.17, 15) is 0 Å². The molecule has 9 nitrogen and oxygen atoms in total. The van der Waals surface area contributed by atoms with Crippen molar-refractivity contribution in [2.45, 2.75) is 77.0 Å². The van der Waals surface area contributed by atoms with E-state index in [2.05, 4.69) is 213 Å². The van der Waals surface area contributed by atoms with Crippen LogP contribution in [0.1, 0.15) is 134 Å². The molecule has 15 aromatic rings. The minimum atomic E-state index is 0.882. The van der Waals surface area contributed by atoms with Crippen molar-refractivity contribution in [3.05, 3.63) is 372 Å². The van der Waals surface area contributed by atoms with Gasteiger partial charge in [0, 0.05) is 81.9 Å². The zero-order chi connectivity index (χ0) is 68.0. The van der Waals surface area contributed by atoms with E-state index in [1.807, 2.05) is 49.6 Å². The first-order valence-corrected chi connectivity index (χ1v) is 37.3. The van der Waals surface area contributed by atoms with E-state index in [4.69, 9.17) is 19.9 Å². The fraction of sp³-hybridized carbons (Fsp3) is 0.125. The van der Waals surface area contributed by atoms with Crippen LogP contribution < -0.4 is 14.7 Å².